The molecule has 1 heterocycles. The molecule has 0 N–H and O–H groups in total. The van der Waals surface area contributed by atoms with Crippen LogP contribution in [0.15, 0.2) is 36.9 Å². The fraction of sp³-hybridized carbons (Fsp3) is 0.167. The van der Waals surface area contributed by atoms with Gasteiger partial charge in [-0.1, -0.05) is 23.2 Å². The normalized spacial score (nSPS) is 12.2. The predicted octanol–water partition coefficient (Wildman–Crippen LogP) is 3.36. The van der Waals surface area contributed by atoms with Gasteiger partial charge in [0.15, 0.2) is 0 Å². The number of imidazole rings is 1. The first-order chi connectivity index (χ1) is 8.58. The van der Waals surface area contributed by atoms with Crippen molar-refractivity contribution in [3.05, 3.63) is 47.0 Å². The molecule has 0 aliphatic rings. The third kappa shape index (κ3) is 2.83. The van der Waals surface area contributed by atoms with Gasteiger partial charge in [0.2, 0.25) is 0 Å². The quantitative estimate of drug-likeness (QED) is 0.641. The van der Waals surface area contributed by atoms with Crippen LogP contribution in [0.4, 0.5) is 0 Å². The Morgan fingerprint density at radius 2 is 2.22 bits per heavy atom. The lowest BCUT2D eigenvalue weighted by molar-refractivity contribution is -0.137. The monoisotopic (exact) mass is 284 g/mol. The Morgan fingerprint density at radius 1 is 1.44 bits per heavy atom. The molecule has 4 nitrogen and oxygen atoms in total. The minimum atomic E-state index is -0.473. The highest BCUT2D eigenvalue weighted by molar-refractivity contribution is 6.35. The van der Waals surface area contributed by atoms with E-state index >= 15 is 0 Å². The van der Waals surface area contributed by atoms with Crippen molar-refractivity contribution in [1.82, 2.24) is 9.55 Å². The van der Waals surface area contributed by atoms with Crippen LogP contribution in [0, 0.1) is 0 Å². The van der Waals surface area contributed by atoms with E-state index in [9.17, 15) is 4.79 Å². The third-order valence-electron chi connectivity index (χ3n) is 2.42. The number of carbonyl (C=O) groups is 1. The summed E-state index contributed by atoms with van der Waals surface area (Å²) < 4.78 is 6.85. The molecule has 1 aromatic carbocycles. The molecule has 94 valence electrons. The van der Waals surface area contributed by atoms with Gasteiger partial charge in [-0.3, -0.25) is 0 Å². The van der Waals surface area contributed by atoms with Crippen LogP contribution in [-0.2, 0) is 4.79 Å². The highest BCUT2D eigenvalue weighted by atomic mass is 35.5. The van der Waals surface area contributed by atoms with Gasteiger partial charge in [-0.15, -0.1) is 0 Å². The molecule has 2 aromatic rings. The van der Waals surface area contributed by atoms with E-state index in [1.807, 2.05) is 0 Å². The summed E-state index contributed by atoms with van der Waals surface area (Å²) in [6, 6.07) is 4.22. The number of ether oxygens (including phenoxy) is 1. The predicted molar refractivity (Wildman–Crippen MR) is 69.0 cm³/mol. The van der Waals surface area contributed by atoms with Crippen molar-refractivity contribution in [1.29, 1.82) is 0 Å². The Bertz CT molecular complexity index is 555. The van der Waals surface area contributed by atoms with Crippen LogP contribution in [0.2, 0.25) is 10.0 Å². The number of benzene rings is 1. The molecule has 1 aromatic heterocycles. The number of carbonyl (C=O) groups excluding carboxylic acids is 1. The summed E-state index contributed by atoms with van der Waals surface area (Å²) in [6.45, 7) is 1.72. The second kappa shape index (κ2) is 5.42. The van der Waals surface area contributed by atoms with Crippen LogP contribution in [0.1, 0.15) is 13.0 Å². The van der Waals surface area contributed by atoms with Gasteiger partial charge in [-0.2, -0.15) is 0 Å². The van der Waals surface area contributed by atoms with Gasteiger partial charge in [0.1, 0.15) is 11.8 Å². The van der Waals surface area contributed by atoms with E-state index in [4.69, 9.17) is 27.9 Å². The molecule has 0 aliphatic carbocycles. The lowest BCUT2D eigenvalue weighted by atomic mass is 10.3. The van der Waals surface area contributed by atoms with E-state index in [2.05, 4.69) is 4.98 Å². The van der Waals surface area contributed by atoms with Crippen LogP contribution < -0.4 is 4.74 Å². The molecule has 1 unspecified atom stereocenters. The number of aromatic nitrogens is 2. The number of hydrogen-bond donors (Lipinski definition) is 0. The maximum Gasteiger partial charge on any atom is 0.334 e. The van der Waals surface area contributed by atoms with Crippen molar-refractivity contribution in [2.45, 2.75) is 13.0 Å². The molecule has 0 spiro atoms. The minimum Gasteiger partial charge on any atom is -0.423 e. The molecule has 0 saturated carbocycles. The lowest BCUT2D eigenvalue weighted by Crippen LogP contribution is -2.20. The second-order valence-corrected chi connectivity index (χ2v) is 4.53. The van der Waals surface area contributed by atoms with Gasteiger partial charge in [0.25, 0.3) is 0 Å². The Hall–Kier alpha value is -1.52. The molecule has 18 heavy (non-hydrogen) atoms. The third-order valence-corrected chi connectivity index (χ3v) is 2.95. The molecule has 6 heteroatoms. The molecular weight excluding hydrogens is 275 g/mol. The Morgan fingerprint density at radius 3 is 2.83 bits per heavy atom. The van der Waals surface area contributed by atoms with Crippen molar-refractivity contribution in [3.8, 4) is 5.75 Å². The molecule has 2 rings (SSSR count). The van der Waals surface area contributed by atoms with E-state index in [0.717, 1.165) is 0 Å². The molecule has 0 aliphatic heterocycles. The molecule has 0 bridgehead atoms. The van der Waals surface area contributed by atoms with Crippen molar-refractivity contribution in [3.63, 3.8) is 0 Å². The summed E-state index contributed by atoms with van der Waals surface area (Å²) in [5, 5.41) is 0.788. The fourth-order valence-corrected chi connectivity index (χ4v) is 1.82. The molecule has 1 atom stereocenters. The van der Waals surface area contributed by atoms with Crippen LogP contribution in [0.3, 0.4) is 0 Å². The van der Waals surface area contributed by atoms with Gasteiger partial charge >= 0.3 is 5.97 Å². The SMILES string of the molecule is CC(C(=O)Oc1ccc(Cl)cc1Cl)n1ccnc1. The van der Waals surface area contributed by atoms with Crippen LogP contribution >= 0.6 is 23.2 Å². The Kier molecular flexibility index (Phi) is 3.89. The number of nitrogens with zero attached hydrogens (tertiary/aromatic N) is 2. The van der Waals surface area contributed by atoms with Gasteiger partial charge in [-0.25, -0.2) is 9.78 Å². The first kappa shape index (κ1) is 12.9. The van der Waals surface area contributed by atoms with Crippen molar-refractivity contribution >= 4 is 29.2 Å². The summed E-state index contributed by atoms with van der Waals surface area (Å²) in [7, 11) is 0. The maximum atomic E-state index is 11.9. The zero-order chi connectivity index (χ0) is 13.1. The van der Waals surface area contributed by atoms with E-state index in [1.54, 1.807) is 42.3 Å². The summed E-state index contributed by atoms with van der Waals surface area (Å²) in [5.41, 5.74) is 0. The topological polar surface area (TPSA) is 44.1 Å². The summed E-state index contributed by atoms with van der Waals surface area (Å²) in [5.74, 6) is -0.129. The van der Waals surface area contributed by atoms with E-state index in [0.29, 0.717) is 10.0 Å². The number of halogens is 2. The number of hydrogen-bond acceptors (Lipinski definition) is 3. The molecule has 0 radical (unpaired) electrons. The van der Waals surface area contributed by atoms with Crippen LogP contribution in [-0.4, -0.2) is 15.5 Å². The Labute approximate surface area is 114 Å². The van der Waals surface area contributed by atoms with E-state index in [-0.39, 0.29) is 5.75 Å². The van der Waals surface area contributed by atoms with Gasteiger partial charge < -0.3 is 9.30 Å². The number of esters is 1. The first-order valence-electron chi connectivity index (χ1n) is 5.22. The number of rotatable bonds is 3. The van der Waals surface area contributed by atoms with Crippen molar-refractivity contribution < 1.29 is 9.53 Å². The van der Waals surface area contributed by atoms with Gasteiger partial charge in [-0.05, 0) is 25.1 Å². The highest BCUT2D eigenvalue weighted by Crippen LogP contribution is 2.28. The average molecular weight is 285 g/mol. The zero-order valence-electron chi connectivity index (χ0n) is 9.51. The second-order valence-electron chi connectivity index (χ2n) is 3.68. The summed E-state index contributed by atoms with van der Waals surface area (Å²) in [4.78, 5) is 15.8. The van der Waals surface area contributed by atoms with Crippen LogP contribution in [0.5, 0.6) is 5.75 Å². The Balaban J connectivity index is 2.12. The zero-order valence-corrected chi connectivity index (χ0v) is 11.0. The van der Waals surface area contributed by atoms with Crippen molar-refractivity contribution in [2.75, 3.05) is 0 Å². The van der Waals surface area contributed by atoms with E-state index in [1.165, 1.54) is 6.07 Å². The molecule has 0 amide bonds. The largest absolute Gasteiger partial charge is 0.423 e. The van der Waals surface area contributed by atoms with Crippen LogP contribution in [0.25, 0.3) is 0 Å². The molecular formula is C12H10Cl2N2O2. The smallest absolute Gasteiger partial charge is 0.334 e. The molecule has 0 fully saturated rings. The minimum absolute atomic E-state index is 0.290. The van der Waals surface area contributed by atoms with Gasteiger partial charge in [0, 0.05) is 17.4 Å². The highest BCUT2D eigenvalue weighted by Gasteiger charge is 2.17. The van der Waals surface area contributed by atoms with Crippen molar-refractivity contribution in [2.24, 2.45) is 0 Å². The average Bonchev–Trinajstić information content (AvgIpc) is 2.85. The lowest BCUT2D eigenvalue weighted by Gasteiger charge is -2.13. The maximum absolute atomic E-state index is 11.9. The first-order valence-corrected chi connectivity index (χ1v) is 5.97. The molecule has 0 saturated heterocycles. The fourth-order valence-electron chi connectivity index (χ4n) is 1.37. The van der Waals surface area contributed by atoms with E-state index < -0.39 is 12.0 Å². The van der Waals surface area contributed by atoms with Gasteiger partial charge in [0.05, 0.1) is 11.3 Å². The summed E-state index contributed by atoms with van der Waals surface area (Å²) >= 11 is 11.7. The standard InChI is InChI=1S/C12H10Cl2N2O2/c1-8(16-5-4-15-7-16)12(17)18-11-3-2-9(13)6-10(11)14/h2-8H,1H3. The summed E-state index contributed by atoms with van der Waals surface area (Å²) in [6.07, 6.45) is 4.84.